The van der Waals surface area contributed by atoms with Crippen molar-refractivity contribution in [2.75, 3.05) is 11.4 Å². The van der Waals surface area contributed by atoms with E-state index in [4.69, 9.17) is 11.6 Å². The third kappa shape index (κ3) is 2.33. The average Bonchev–Trinajstić information content (AvgIpc) is 2.20. The van der Waals surface area contributed by atoms with Gasteiger partial charge in [0.05, 0.1) is 5.69 Å². The second-order valence-corrected chi connectivity index (χ2v) is 3.61. The second-order valence-electron chi connectivity index (χ2n) is 2.80. The maximum atomic E-state index is 11.2. The van der Waals surface area contributed by atoms with Crippen LogP contribution in [0.3, 0.4) is 0 Å². The standard InChI is InChI=1S/C9H11ClN2OS/c1-6-3-4-7(5-8(6)10)12(14)9(13)11-2/h3-5,14H,1-2H3,(H,11,13). The Morgan fingerprint density at radius 1 is 1.57 bits per heavy atom. The zero-order chi connectivity index (χ0) is 10.7. The number of nitrogens with one attached hydrogen (secondary N) is 1. The summed E-state index contributed by atoms with van der Waals surface area (Å²) < 4.78 is 1.20. The fourth-order valence-corrected chi connectivity index (χ4v) is 1.34. The summed E-state index contributed by atoms with van der Waals surface area (Å²) in [6.07, 6.45) is 0. The molecule has 0 aliphatic carbocycles. The minimum absolute atomic E-state index is 0.298. The molecule has 0 aromatic heterocycles. The molecule has 0 heterocycles. The number of hydrogen-bond donors (Lipinski definition) is 2. The van der Waals surface area contributed by atoms with Gasteiger partial charge in [-0.15, -0.1) is 0 Å². The van der Waals surface area contributed by atoms with Crippen LogP contribution in [0.1, 0.15) is 5.56 Å². The third-order valence-corrected chi connectivity index (χ3v) is 2.63. The van der Waals surface area contributed by atoms with Gasteiger partial charge in [0.1, 0.15) is 0 Å². The van der Waals surface area contributed by atoms with Crippen LogP contribution in [0.4, 0.5) is 10.5 Å². The molecule has 0 saturated heterocycles. The number of benzene rings is 1. The number of nitrogens with zero attached hydrogens (tertiary/aromatic N) is 1. The molecular weight excluding hydrogens is 220 g/mol. The number of carbonyl (C=O) groups excluding carboxylic acids is 1. The highest BCUT2D eigenvalue weighted by Gasteiger charge is 2.10. The third-order valence-electron chi connectivity index (χ3n) is 1.81. The molecule has 1 aromatic carbocycles. The molecule has 0 saturated carbocycles. The number of thiol groups is 1. The Labute approximate surface area is 93.6 Å². The van der Waals surface area contributed by atoms with Crippen molar-refractivity contribution in [1.29, 1.82) is 0 Å². The van der Waals surface area contributed by atoms with Crippen LogP contribution < -0.4 is 9.62 Å². The van der Waals surface area contributed by atoms with Crippen LogP contribution in [0.5, 0.6) is 0 Å². The molecular formula is C9H11ClN2OS. The number of carbonyl (C=O) groups is 1. The number of halogens is 1. The van der Waals surface area contributed by atoms with E-state index in [9.17, 15) is 4.79 Å². The lowest BCUT2D eigenvalue weighted by Gasteiger charge is -2.15. The summed E-state index contributed by atoms with van der Waals surface area (Å²) in [5.74, 6) is 0. The van der Waals surface area contributed by atoms with Gasteiger partial charge in [0.25, 0.3) is 0 Å². The number of urea groups is 1. The molecule has 0 fully saturated rings. The van der Waals surface area contributed by atoms with E-state index >= 15 is 0 Å². The molecule has 5 heteroatoms. The maximum Gasteiger partial charge on any atom is 0.331 e. The van der Waals surface area contributed by atoms with E-state index in [2.05, 4.69) is 18.1 Å². The molecule has 2 amide bonds. The first-order valence-electron chi connectivity index (χ1n) is 4.03. The summed E-state index contributed by atoms with van der Waals surface area (Å²) in [7, 11) is 1.54. The van der Waals surface area contributed by atoms with Gasteiger partial charge in [-0.3, -0.25) is 0 Å². The van der Waals surface area contributed by atoms with E-state index in [1.54, 1.807) is 19.2 Å². The maximum absolute atomic E-state index is 11.2. The molecule has 1 aromatic rings. The predicted molar refractivity (Wildman–Crippen MR) is 62.1 cm³/mol. The Hall–Kier alpha value is -0.870. The van der Waals surface area contributed by atoms with E-state index in [1.165, 1.54) is 4.31 Å². The van der Waals surface area contributed by atoms with Gasteiger partial charge in [-0.25, -0.2) is 9.10 Å². The largest absolute Gasteiger partial charge is 0.340 e. The fraction of sp³-hybridized carbons (Fsp3) is 0.222. The highest BCUT2D eigenvalue weighted by atomic mass is 35.5. The van der Waals surface area contributed by atoms with Crippen molar-refractivity contribution in [3.8, 4) is 0 Å². The van der Waals surface area contributed by atoms with Crippen molar-refractivity contribution in [3.63, 3.8) is 0 Å². The second kappa shape index (κ2) is 4.57. The SMILES string of the molecule is CNC(=O)N(S)c1ccc(C)c(Cl)c1. The zero-order valence-corrected chi connectivity index (χ0v) is 9.56. The summed E-state index contributed by atoms with van der Waals surface area (Å²) in [6.45, 7) is 1.90. The first-order valence-corrected chi connectivity index (χ1v) is 4.81. The van der Waals surface area contributed by atoms with E-state index in [1.807, 2.05) is 13.0 Å². The molecule has 0 bridgehead atoms. The molecule has 0 radical (unpaired) electrons. The quantitative estimate of drug-likeness (QED) is 0.715. The van der Waals surface area contributed by atoms with Crippen LogP contribution in [0, 0.1) is 6.92 Å². The zero-order valence-electron chi connectivity index (χ0n) is 7.91. The first-order chi connectivity index (χ1) is 6.56. The molecule has 1 N–H and O–H groups in total. The molecule has 0 unspecified atom stereocenters. The summed E-state index contributed by atoms with van der Waals surface area (Å²) >= 11 is 9.95. The van der Waals surface area contributed by atoms with Gasteiger partial charge in [-0.1, -0.05) is 30.5 Å². The molecule has 0 aliphatic rings. The van der Waals surface area contributed by atoms with Gasteiger partial charge in [0.15, 0.2) is 0 Å². The molecule has 0 spiro atoms. The molecule has 76 valence electrons. The summed E-state index contributed by atoms with van der Waals surface area (Å²) in [4.78, 5) is 11.2. The Morgan fingerprint density at radius 3 is 2.71 bits per heavy atom. The molecule has 3 nitrogen and oxygen atoms in total. The normalized spacial score (nSPS) is 9.71. The van der Waals surface area contributed by atoms with Crippen LogP contribution in [0.2, 0.25) is 5.02 Å². The Bertz CT molecular complexity index is 357. The topological polar surface area (TPSA) is 32.3 Å². The lowest BCUT2D eigenvalue weighted by atomic mass is 10.2. The van der Waals surface area contributed by atoms with E-state index < -0.39 is 0 Å². The minimum atomic E-state index is -0.298. The van der Waals surface area contributed by atoms with Crippen LogP contribution in [0.25, 0.3) is 0 Å². The van der Waals surface area contributed by atoms with Crippen LogP contribution in [0.15, 0.2) is 18.2 Å². The highest BCUT2D eigenvalue weighted by molar-refractivity contribution is 7.82. The van der Waals surface area contributed by atoms with Crippen molar-refractivity contribution in [1.82, 2.24) is 5.32 Å². The number of amides is 2. The molecule has 1 rings (SSSR count). The van der Waals surface area contributed by atoms with E-state index in [0.717, 1.165) is 5.56 Å². The van der Waals surface area contributed by atoms with Gasteiger partial charge in [-0.05, 0) is 24.6 Å². The number of anilines is 1. The molecule has 0 aliphatic heterocycles. The van der Waals surface area contributed by atoms with Crippen LogP contribution in [-0.4, -0.2) is 13.1 Å². The minimum Gasteiger partial charge on any atom is -0.340 e. The highest BCUT2D eigenvalue weighted by Crippen LogP contribution is 2.24. The molecule has 14 heavy (non-hydrogen) atoms. The van der Waals surface area contributed by atoms with Crippen LogP contribution in [-0.2, 0) is 0 Å². The van der Waals surface area contributed by atoms with Crippen LogP contribution >= 0.6 is 24.4 Å². The van der Waals surface area contributed by atoms with Gasteiger partial charge >= 0.3 is 6.03 Å². The average molecular weight is 231 g/mol. The van der Waals surface area contributed by atoms with Crippen molar-refractivity contribution in [3.05, 3.63) is 28.8 Å². The van der Waals surface area contributed by atoms with Crippen molar-refractivity contribution in [2.24, 2.45) is 0 Å². The monoisotopic (exact) mass is 230 g/mol. The number of rotatable bonds is 1. The Morgan fingerprint density at radius 2 is 2.21 bits per heavy atom. The summed E-state index contributed by atoms with van der Waals surface area (Å²) in [5, 5.41) is 3.08. The predicted octanol–water partition coefficient (Wildman–Crippen LogP) is 2.64. The summed E-state index contributed by atoms with van der Waals surface area (Å²) in [6, 6.07) is 5.01. The van der Waals surface area contributed by atoms with Gasteiger partial charge in [0, 0.05) is 12.1 Å². The van der Waals surface area contributed by atoms with Crippen molar-refractivity contribution < 1.29 is 4.79 Å². The Balaban J connectivity index is 2.96. The fourth-order valence-electron chi connectivity index (χ4n) is 0.937. The molecule has 0 atom stereocenters. The smallest absolute Gasteiger partial charge is 0.331 e. The van der Waals surface area contributed by atoms with E-state index in [-0.39, 0.29) is 6.03 Å². The van der Waals surface area contributed by atoms with Gasteiger partial charge < -0.3 is 5.32 Å². The lowest BCUT2D eigenvalue weighted by Crippen LogP contribution is -2.30. The van der Waals surface area contributed by atoms with Gasteiger partial charge in [0.2, 0.25) is 0 Å². The summed E-state index contributed by atoms with van der Waals surface area (Å²) in [5.41, 5.74) is 1.61. The lowest BCUT2D eigenvalue weighted by molar-refractivity contribution is 0.252. The van der Waals surface area contributed by atoms with Crippen molar-refractivity contribution in [2.45, 2.75) is 6.92 Å². The van der Waals surface area contributed by atoms with Gasteiger partial charge in [-0.2, -0.15) is 0 Å². The number of hydrogen-bond acceptors (Lipinski definition) is 2. The first kappa shape index (κ1) is 11.2. The number of aryl methyl sites for hydroxylation is 1. The van der Waals surface area contributed by atoms with E-state index in [0.29, 0.717) is 10.7 Å². The van der Waals surface area contributed by atoms with Crippen molar-refractivity contribution >= 4 is 36.1 Å². The Kier molecular flexibility index (Phi) is 3.66.